The highest BCUT2D eigenvalue weighted by Crippen LogP contribution is 2.58. The third kappa shape index (κ3) is 9.32. The molecule has 3 nitrogen and oxygen atoms in total. The predicted molar refractivity (Wildman–Crippen MR) is 351 cm³/mol. The Morgan fingerprint density at radius 3 is 1.29 bits per heavy atom. The topological polar surface area (TPSA) is 9.72 Å². The first kappa shape index (κ1) is 51.7. The van der Waals surface area contributed by atoms with Crippen LogP contribution < -0.4 is 14.7 Å². The third-order valence-electron chi connectivity index (χ3n) is 16.9. The third-order valence-corrected chi connectivity index (χ3v) is 16.9. The molecule has 0 aliphatic heterocycles. The highest BCUT2D eigenvalue weighted by molar-refractivity contribution is 6.25. The van der Waals surface area contributed by atoms with Gasteiger partial charge in [0.2, 0.25) is 0 Å². The number of hydrogen-bond acceptors (Lipinski definition) is 3. The highest BCUT2D eigenvalue weighted by atomic mass is 15.2. The van der Waals surface area contributed by atoms with Gasteiger partial charge in [0, 0.05) is 72.4 Å². The van der Waals surface area contributed by atoms with Crippen molar-refractivity contribution in [2.45, 2.75) is 57.9 Å². The lowest BCUT2D eigenvalue weighted by molar-refractivity contribution is 0.554. The van der Waals surface area contributed by atoms with Crippen molar-refractivity contribution in [3.8, 4) is 44.5 Å². The molecule has 12 aromatic rings. The summed E-state index contributed by atoms with van der Waals surface area (Å²) in [6.45, 7) is 11.4. The second kappa shape index (κ2) is 22.4. The molecule has 0 heterocycles. The first-order valence-electron chi connectivity index (χ1n) is 29.1. The molecule has 398 valence electrons. The minimum absolute atomic E-state index is 0.165. The van der Waals surface area contributed by atoms with E-state index in [0.29, 0.717) is 0 Å². The summed E-state index contributed by atoms with van der Waals surface area (Å²) in [6.07, 6.45) is 5.98. The van der Waals surface area contributed by atoms with E-state index in [9.17, 15) is 0 Å². The van der Waals surface area contributed by atoms with E-state index in [2.05, 4.69) is 327 Å². The smallest absolute Gasteiger partial charge is 0.0621 e. The first-order valence-corrected chi connectivity index (χ1v) is 29.1. The Bertz CT molecular complexity index is 4230. The SMILES string of the molecule is C=CCCC(CCC)N(c1ccc2c(N(c3ccccc3)c3ccccc3-c3ccccc3)c3cc4c(cc3c(N(c3ccccc3)c3ccccc3-c3ccccc3)c2c1)-c1ccccc1C4(C)C)c1ccccc1-c1ccccc1. The minimum Gasteiger partial charge on any atom is -0.338 e. The van der Waals surface area contributed by atoms with Crippen molar-refractivity contribution in [2.75, 3.05) is 14.7 Å². The summed E-state index contributed by atoms with van der Waals surface area (Å²) in [5, 5.41) is 4.60. The van der Waals surface area contributed by atoms with Gasteiger partial charge in [-0.15, -0.1) is 6.58 Å². The number of fused-ring (bicyclic) bond motifs is 5. The zero-order valence-electron chi connectivity index (χ0n) is 47.1. The molecule has 0 aromatic heterocycles. The van der Waals surface area contributed by atoms with Gasteiger partial charge in [-0.2, -0.15) is 0 Å². The average molecular weight is 1060 g/mol. The van der Waals surface area contributed by atoms with Gasteiger partial charge in [0.15, 0.2) is 0 Å². The molecule has 0 amide bonds. The Balaban J connectivity index is 1.24. The average Bonchev–Trinajstić information content (AvgIpc) is 2.76. The maximum Gasteiger partial charge on any atom is 0.0621 e. The quantitative estimate of drug-likeness (QED) is 0.0511. The van der Waals surface area contributed by atoms with Crippen molar-refractivity contribution in [1.29, 1.82) is 0 Å². The Hall–Kier alpha value is -9.70. The fourth-order valence-electron chi connectivity index (χ4n) is 13.1. The number of anilines is 8. The van der Waals surface area contributed by atoms with Crippen molar-refractivity contribution < 1.29 is 0 Å². The van der Waals surface area contributed by atoms with Crippen LogP contribution in [0.5, 0.6) is 0 Å². The van der Waals surface area contributed by atoms with E-state index >= 15 is 0 Å². The standard InChI is InChI=1S/C79H67N3/c1-5-7-38-59(31-6-2)80(74-48-28-24-43-63(74)56-32-13-8-14-33-56)62-51-52-67-69(53-62)78(82(61-41-21-12-22-42-61)76-50-30-26-45-65(76)58-36-17-10-18-37-58)70-54-68-66-46-23-27-47-72(66)79(3,4)73(68)55-71(70)77(67)81(60-39-19-11-20-40-60)75-49-29-25-44-64(75)57-34-15-9-16-35-57/h5,8-30,32-37,39-55,59H,1,6-7,31,38H2,2-4H3. The lowest BCUT2D eigenvalue weighted by Gasteiger charge is -2.37. The number of allylic oxidation sites excluding steroid dienone is 1. The second-order valence-electron chi connectivity index (χ2n) is 22.2. The number of hydrogen-bond donors (Lipinski definition) is 0. The summed E-state index contributed by atoms with van der Waals surface area (Å²) < 4.78 is 0. The predicted octanol–water partition coefficient (Wildman–Crippen LogP) is 22.5. The molecule has 1 atom stereocenters. The van der Waals surface area contributed by atoms with Crippen molar-refractivity contribution >= 4 is 67.0 Å². The summed E-state index contributed by atoms with van der Waals surface area (Å²) in [5.74, 6) is 0. The maximum atomic E-state index is 4.27. The molecule has 13 rings (SSSR count). The van der Waals surface area contributed by atoms with Crippen LogP contribution in [-0.2, 0) is 5.41 Å². The van der Waals surface area contributed by atoms with Crippen LogP contribution in [0.3, 0.4) is 0 Å². The highest BCUT2D eigenvalue weighted by Gasteiger charge is 2.38. The monoisotopic (exact) mass is 1060 g/mol. The zero-order chi connectivity index (χ0) is 55.6. The van der Waals surface area contributed by atoms with Gasteiger partial charge < -0.3 is 14.7 Å². The lowest BCUT2D eigenvalue weighted by Crippen LogP contribution is -2.31. The van der Waals surface area contributed by atoms with Gasteiger partial charge in [0.05, 0.1) is 22.7 Å². The van der Waals surface area contributed by atoms with Gasteiger partial charge >= 0.3 is 0 Å². The summed E-state index contributed by atoms with van der Waals surface area (Å²) >= 11 is 0. The normalized spacial score (nSPS) is 12.6. The molecular formula is C79H67N3. The molecule has 1 aliphatic rings. The number of benzene rings is 12. The molecule has 0 N–H and O–H groups in total. The fourth-order valence-corrected chi connectivity index (χ4v) is 13.1. The van der Waals surface area contributed by atoms with Crippen LogP contribution in [-0.4, -0.2) is 6.04 Å². The van der Waals surface area contributed by atoms with Crippen LogP contribution >= 0.6 is 0 Å². The Labute approximate surface area is 484 Å². The zero-order valence-corrected chi connectivity index (χ0v) is 47.1. The van der Waals surface area contributed by atoms with Crippen LogP contribution in [0.4, 0.5) is 45.5 Å². The fraction of sp³-hybridized carbons (Fsp3) is 0.114. The van der Waals surface area contributed by atoms with E-state index in [-0.39, 0.29) is 11.5 Å². The Morgan fingerprint density at radius 2 is 0.780 bits per heavy atom. The minimum atomic E-state index is -0.277. The van der Waals surface area contributed by atoms with Crippen LogP contribution in [0.15, 0.2) is 292 Å². The van der Waals surface area contributed by atoms with Crippen LogP contribution in [0.25, 0.3) is 66.1 Å². The van der Waals surface area contributed by atoms with Crippen molar-refractivity contribution in [1.82, 2.24) is 0 Å². The van der Waals surface area contributed by atoms with Gasteiger partial charge in [-0.3, -0.25) is 0 Å². The summed E-state index contributed by atoms with van der Waals surface area (Å²) in [5.41, 5.74) is 20.9. The van der Waals surface area contributed by atoms with Crippen molar-refractivity contribution in [3.05, 3.63) is 303 Å². The molecule has 82 heavy (non-hydrogen) atoms. The Morgan fingerprint density at radius 1 is 0.366 bits per heavy atom. The molecule has 12 aromatic carbocycles. The molecule has 0 spiro atoms. The molecule has 3 heteroatoms. The van der Waals surface area contributed by atoms with Crippen LogP contribution in [0.1, 0.15) is 57.6 Å². The van der Waals surface area contributed by atoms with Gasteiger partial charge in [-0.1, -0.05) is 246 Å². The first-order chi connectivity index (χ1) is 40.4. The molecule has 1 unspecified atom stereocenters. The molecule has 0 fully saturated rings. The van der Waals surface area contributed by atoms with Gasteiger partial charge in [0.1, 0.15) is 0 Å². The largest absolute Gasteiger partial charge is 0.338 e. The maximum absolute atomic E-state index is 4.27. The van der Waals surface area contributed by atoms with Crippen LogP contribution in [0.2, 0.25) is 0 Å². The lowest BCUT2D eigenvalue weighted by atomic mass is 9.81. The van der Waals surface area contributed by atoms with Crippen molar-refractivity contribution in [2.24, 2.45) is 0 Å². The molecule has 0 bridgehead atoms. The van der Waals surface area contributed by atoms with Gasteiger partial charge in [-0.25, -0.2) is 0 Å². The van der Waals surface area contributed by atoms with E-state index in [1.165, 1.54) is 44.5 Å². The molecule has 1 aliphatic carbocycles. The molecular weight excluding hydrogens is 991 g/mol. The van der Waals surface area contributed by atoms with E-state index in [1.807, 2.05) is 0 Å². The van der Waals surface area contributed by atoms with E-state index in [1.54, 1.807) is 0 Å². The van der Waals surface area contributed by atoms with Crippen LogP contribution in [0, 0.1) is 0 Å². The second-order valence-corrected chi connectivity index (χ2v) is 22.2. The summed E-state index contributed by atoms with van der Waals surface area (Å²) in [6, 6.07) is 104. The Kier molecular flexibility index (Phi) is 14.2. The van der Waals surface area contributed by atoms with Crippen molar-refractivity contribution in [3.63, 3.8) is 0 Å². The molecule has 0 radical (unpaired) electrons. The summed E-state index contributed by atoms with van der Waals surface area (Å²) in [4.78, 5) is 7.82. The summed E-state index contributed by atoms with van der Waals surface area (Å²) in [7, 11) is 0. The van der Waals surface area contributed by atoms with E-state index < -0.39 is 0 Å². The van der Waals surface area contributed by atoms with E-state index in [0.717, 1.165) is 104 Å². The number of nitrogens with zero attached hydrogens (tertiary/aromatic N) is 3. The molecule has 0 saturated carbocycles. The van der Waals surface area contributed by atoms with E-state index in [4.69, 9.17) is 0 Å². The van der Waals surface area contributed by atoms with Gasteiger partial charge in [0.25, 0.3) is 0 Å². The number of rotatable bonds is 17. The van der Waals surface area contributed by atoms with Gasteiger partial charge in [-0.05, 0) is 125 Å². The number of para-hydroxylation sites is 5. The molecule has 0 saturated heterocycles.